The lowest BCUT2D eigenvalue weighted by atomic mass is 10.0. The fraction of sp³-hybridized carbons (Fsp3) is 0.0500. The summed E-state index contributed by atoms with van der Waals surface area (Å²) in [5, 5.41) is 0. The predicted molar refractivity (Wildman–Crippen MR) is 106 cm³/mol. The molecule has 0 aliphatic rings. The van der Waals surface area contributed by atoms with Gasteiger partial charge in [-0.05, 0) is 54.6 Å². The largest absolute Gasteiger partial charge is 0.419 e. The highest BCUT2D eigenvalue weighted by atomic mass is 32.2. The monoisotopic (exact) mass is 409 g/mol. The number of pyridine rings is 1. The van der Waals surface area contributed by atoms with Crippen LogP contribution in [0.15, 0.2) is 81.1 Å². The Bertz CT molecular complexity index is 1370. The number of sulfonamides is 1. The third kappa shape index (κ3) is 3.55. The molecule has 4 aromatic rings. The molecule has 0 bridgehead atoms. The molecule has 1 N–H and O–H groups in total. The molecule has 0 saturated heterocycles. The van der Waals surface area contributed by atoms with E-state index in [9.17, 15) is 18.0 Å². The van der Waals surface area contributed by atoms with Crippen molar-refractivity contribution in [2.75, 3.05) is 4.72 Å². The van der Waals surface area contributed by atoms with Gasteiger partial charge >= 0.3 is 5.76 Å². The number of benzene rings is 2. The smallest absolute Gasteiger partial charge is 0.408 e. The minimum atomic E-state index is -3.90. The molecule has 4 rings (SSSR count). The topological polar surface area (TPSA) is 111 Å². The Morgan fingerprint density at radius 3 is 2.34 bits per heavy atom. The molecule has 146 valence electrons. The maximum absolute atomic E-state index is 12.7. The number of nitrogens with zero attached hydrogens (tertiary/aromatic N) is 2. The molecular formula is C20H15N3O5S. The summed E-state index contributed by atoms with van der Waals surface area (Å²) in [5.41, 5.74) is 1.89. The molecule has 0 spiro atoms. The van der Waals surface area contributed by atoms with Gasteiger partial charge in [0.25, 0.3) is 10.0 Å². The predicted octanol–water partition coefficient (Wildman–Crippen LogP) is 2.56. The highest BCUT2D eigenvalue weighted by molar-refractivity contribution is 7.92. The van der Waals surface area contributed by atoms with Crippen molar-refractivity contribution >= 4 is 32.6 Å². The van der Waals surface area contributed by atoms with Crippen LogP contribution in [0.2, 0.25) is 0 Å². The highest BCUT2D eigenvalue weighted by Crippen LogP contribution is 2.21. The van der Waals surface area contributed by atoms with Crippen LogP contribution >= 0.6 is 0 Å². The number of ketones is 1. The molecule has 0 aliphatic heterocycles. The van der Waals surface area contributed by atoms with Gasteiger partial charge < -0.3 is 4.42 Å². The second-order valence-corrected chi connectivity index (χ2v) is 7.99. The number of anilines is 1. The summed E-state index contributed by atoms with van der Waals surface area (Å²) in [6.07, 6.45) is 3.06. The van der Waals surface area contributed by atoms with Crippen LogP contribution in [0.4, 0.5) is 5.69 Å². The number of oxazole rings is 1. The molecule has 2 aromatic heterocycles. The number of aryl methyl sites for hydroxylation is 1. The van der Waals surface area contributed by atoms with E-state index in [0.717, 1.165) is 0 Å². The summed E-state index contributed by atoms with van der Waals surface area (Å²) in [5.74, 6) is -0.759. The van der Waals surface area contributed by atoms with Gasteiger partial charge in [0.05, 0.1) is 10.4 Å². The van der Waals surface area contributed by atoms with Crippen LogP contribution in [-0.2, 0) is 17.1 Å². The van der Waals surface area contributed by atoms with Gasteiger partial charge in [-0.3, -0.25) is 19.1 Å². The molecule has 0 radical (unpaired) electrons. The highest BCUT2D eigenvalue weighted by Gasteiger charge is 2.17. The number of aromatic nitrogens is 2. The zero-order valence-electron chi connectivity index (χ0n) is 15.2. The number of rotatable bonds is 5. The molecule has 29 heavy (non-hydrogen) atoms. The first-order valence-corrected chi connectivity index (χ1v) is 10.0. The zero-order valence-corrected chi connectivity index (χ0v) is 16.0. The number of carbonyl (C=O) groups is 1. The minimum absolute atomic E-state index is 0.0154. The van der Waals surface area contributed by atoms with Gasteiger partial charge in [-0.15, -0.1) is 0 Å². The first kappa shape index (κ1) is 18.6. The van der Waals surface area contributed by atoms with E-state index in [4.69, 9.17) is 4.42 Å². The summed E-state index contributed by atoms with van der Waals surface area (Å²) in [7, 11) is -2.40. The zero-order chi connectivity index (χ0) is 20.6. The molecule has 0 amide bonds. The lowest BCUT2D eigenvalue weighted by Crippen LogP contribution is -2.13. The Kier molecular flexibility index (Phi) is 4.51. The Balaban J connectivity index is 1.59. The van der Waals surface area contributed by atoms with E-state index in [1.54, 1.807) is 24.3 Å². The Labute approximate surface area is 165 Å². The Morgan fingerprint density at radius 1 is 1.00 bits per heavy atom. The Morgan fingerprint density at radius 2 is 1.66 bits per heavy atom. The molecule has 2 aromatic carbocycles. The second kappa shape index (κ2) is 7.02. The fourth-order valence-electron chi connectivity index (χ4n) is 2.85. The van der Waals surface area contributed by atoms with E-state index in [1.165, 1.54) is 54.3 Å². The van der Waals surface area contributed by atoms with Crippen molar-refractivity contribution < 1.29 is 17.6 Å². The normalized spacial score (nSPS) is 11.5. The minimum Gasteiger partial charge on any atom is -0.408 e. The van der Waals surface area contributed by atoms with E-state index in [2.05, 4.69) is 9.71 Å². The molecule has 8 nitrogen and oxygen atoms in total. The van der Waals surface area contributed by atoms with E-state index < -0.39 is 15.8 Å². The maximum atomic E-state index is 12.7. The van der Waals surface area contributed by atoms with Crippen molar-refractivity contribution in [2.24, 2.45) is 7.05 Å². The molecule has 0 atom stereocenters. The summed E-state index contributed by atoms with van der Waals surface area (Å²) in [6.45, 7) is 0. The number of nitrogens with one attached hydrogen (secondary N) is 1. The SMILES string of the molecule is Cn1c(=O)oc2ccc(S(=O)(=O)Nc3ccc(C(=O)c4ccncc4)cc3)cc21. The van der Waals surface area contributed by atoms with Crippen molar-refractivity contribution in [3.63, 3.8) is 0 Å². The number of fused-ring (bicyclic) bond motifs is 1. The van der Waals surface area contributed by atoms with Gasteiger partial charge in [-0.2, -0.15) is 0 Å². The third-order valence-corrected chi connectivity index (χ3v) is 5.79. The average Bonchev–Trinajstić information content (AvgIpc) is 3.02. The fourth-order valence-corrected chi connectivity index (χ4v) is 3.93. The number of hydrogen-bond donors (Lipinski definition) is 1. The van der Waals surface area contributed by atoms with Crippen LogP contribution in [-0.4, -0.2) is 23.8 Å². The first-order valence-electron chi connectivity index (χ1n) is 8.52. The van der Waals surface area contributed by atoms with Crippen LogP contribution in [0.25, 0.3) is 11.1 Å². The standard InChI is InChI=1S/C20H15N3O5S/c1-23-17-12-16(6-7-18(17)28-20(23)25)29(26,27)22-15-4-2-13(3-5-15)19(24)14-8-10-21-11-9-14/h2-12,22H,1H3. The van der Waals surface area contributed by atoms with Crippen LogP contribution in [0.1, 0.15) is 15.9 Å². The van der Waals surface area contributed by atoms with Crippen LogP contribution in [0, 0.1) is 0 Å². The van der Waals surface area contributed by atoms with Crippen molar-refractivity contribution in [2.45, 2.75) is 4.90 Å². The van der Waals surface area contributed by atoms with Gasteiger partial charge in [-0.25, -0.2) is 13.2 Å². The van der Waals surface area contributed by atoms with Crippen LogP contribution < -0.4 is 10.5 Å². The van der Waals surface area contributed by atoms with E-state index in [0.29, 0.717) is 27.9 Å². The lowest BCUT2D eigenvalue weighted by molar-refractivity contribution is 0.103. The molecule has 9 heteroatoms. The van der Waals surface area contributed by atoms with E-state index in [-0.39, 0.29) is 10.7 Å². The average molecular weight is 409 g/mol. The molecule has 0 unspecified atom stereocenters. The van der Waals surface area contributed by atoms with E-state index in [1.807, 2.05) is 0 Å². The molecular weight excluding hydrogens is 394 g/mol. The van der Waals surface area contributed by atoms with Crippen LogP contribution in [0.3, 0.4) is 0 Å². The van der Waals surface area contributed by atoms with Crippen LogP contribution in [0.5, 0.6) is 0 Å². The second-order valence-electron chi connectivity index (χ2n) is 6.30. The van der Waals surface area contributed by atoms with Crippen molar-refractivity contribution in [1.82, 2.24) is 9.55 Å². The first-order chi connectivity index (χ1) is 13.8. The van der Waals surface area contributed by atoms with Gasteiger partial charge in [0, 0.05) is 36.3 Å². The number of carbonyl (C=O) groups excluding carboxylic acids is 1. The molecule has 2 heterocycles. The van der Waals surface area contributed by atoms with Crippen molar-refractivity contribution in [1.29, 1.82) is 0 Å². The number of hydrogen-bond acceptors (Lipinski definition) is 6. The quantitative estimate of drug-likeness (QED) is 0.507. The van der Waals surface area contributed by atoms with E-state index >= 15 is 0 Å². The maximum Gasteiger partial charge on any atom is 0.419 e. The molecule has 0 saturated carbocycles. The van der Waals surface area contributed by atoms with Crippen molar-refractivity contribution in [3.05, 3.63) is 88.7 Å². The lowest BCUT2D eigenvalue weighted by Gasteiger charge is -2.09. The van der Waals surface area contributed by atoms with Gasteiger partial charge in [0.2, 0.25) is 0 Å². The van der Waals surface area contributed by atoms with Gasteiger partial charge in [-0.1, -0.05) is 0 Å². The van der Waals surface area contributed by atoms with Gasteiger partial charge in [0.15, 0.2) is 11.4 Å². The Hall–Kier alpha value is -3.72. The summed E-state index contributed by atoms with van der Waals surface area (Å²) in [4.78, 5) is 27.9. The summed E-state index contributed by atoms with van der Waals surface area (Å²) >= 11 is 0. The third-order valence-electron chi connectivity index (χ3n) is 4.42. The molecule has 0 aliphatic carbocycles. The molecule has 0 fully saturated rings. The van der Waals surface area contributed by atoms with Gasteiger partial charge in [0.1, 0.15) is 0 Å². The summed E-state index contributed by atoms with van der Waals surface area (Å²) < 4.78 is 34.1. The summed E-state index contributed by atoms with van der Waals surface area (Å²) in [6, 6.07) is 13.5. The van der Waals surface area contributed by atoms with Crippen molar-refractivity contribution in [3.8, 4) is 0 Å².